The Hall–Kier alpha value is -1.92. The number of thiophene rings is 1. The molecule has 2 aromatic rings. The van der Waals surface area contributed by atoms with Crippen molar-refractivity contribution in [3.8, 4) is 0 Å². The average molecular weight is 334 g/mol. The van der Waals surface area contributed by atoms with Gasteiger partial charge >= 0.3 is 0 Å². The third-order valence-electron chi connectivity index (χ3n) is 3.78. The van der Waals surface area contributed by atoms with Crippen molar-refractivity contribution in [2.75, 3.05) is 36.5 Å². The van der Waals surface area contributed by atoms with Crippen LogP contribution in [0.5, 0.6) is 0 Å². The fourth-order valence-electron chi connectivity index (χ4n) is 2.53. The maximum absolute atomic E-state index is 14.0. The molecule has 122 valence electrons. The number of rotatable bonds is 5. The molecule has 1 aliphatic heterocycles. The number of carbonyl (C=O) groups excluding carboxylic acids is 1. The lowest BCUT2D eigenvalue weighted by Crippen LogP contribution is -2.36. The number of hydrogen-bond donors (Lipinski definition) is 1. The van der Waals surface area contributed by atoms with Crippen LogP contribution in [-0.2, 0) is 16.0 Å². The molecule has 0 saturated carbocycles. The number of aryl methyl sites for hydroxylation is 1. The van der Waals surface area contributed by atoms with Gasteiger partial charge in [0.2, 0.25) is 5.91 Å². The minimum atomic E-state index is -0.411. The van der Waals surface area contributed by atoms with Crippen molar-refractivity contribution < 1.29 is 13.9 Å². The number of amides is 1. The number of carbonyl (C=O) groups is 1. The Morgan fingerprint density at radius 3 is 2.87 bits per heavy atom. The van der Waals surface area contributed by atoms with Crippen molar-refractivity contribution in [2.24, 2.45) is 0 Å². The number of benzene rings is 1. The van der Waals surface area contributed by atoms with Gasteiger partial charge in [-0.3, -0.25) is 4.79 Å². The zero-order valence-electron chi connectivity index (χ0n) is 12.8. The Morgan fingerprint density at radius 2 is 2.13 bits per heavy atom. The zero-order chi connectivity index (χ0) is 16.1. The Bertz CT molecular complexity index is 655. The van der Waals surface area contributed by atoms with Crippen molar-refractivity contribution >= 4 is 28.6 Å². The molecule has 0 spiro atoms. The van der Waals surface area contributed by atoms with Crippen LogP contribution in [0.2, 0.25) is 0 Å². The largest absolute Gasteiger partial charge is 0.378 e. The minimum Gasteiger partial charge on any atom is -0.378 e. The van der Waals surface area contributed by atoms with Crippen LogP contribution < -0.4 is 10.2 Å². The summed E-state index contributed by atoms with van der Waals surface area (Å²) in [7, 11) is 0. The van der Waals surface area contributed by atoms with Crippen LogP contribution in [0.3, 0.4) is 0 Å². The molecule has 1 fully saturated rings. The highest BCUT2D eigenvalue weighted by Gasteiger charge is 2.14. The van der Waals surface area contributed by atoms with E-state index in [1.54, 1.807) is 23.5 Å². The summed E-state index contributed by atoms with van der Waals surface area (Å²) >= 11 is 1.62. The van der Waals surface area contributed by atoms with Crippen molar-refractivity contribution in [3.05, 3.63) is 46.4 Å². The van der Waals surface area contributed by atoms with Crippen LogP contribution in [0.15, 0.2) is 35.7 Å². The number of hydrogen-bond acceptors (Lipinski definition) is 4. The standard InChI is InChI=1S/C17H19FN2O2S/c18-15-5-3-13(20-7-9-22-10-8-20)12-16(15)19-17(21)6-4-14-2-1-11-23-14/h1-3,5,11-12H,4,6-10H2,(H,19,21). The van der Waals surface area contributed by atoms with Gasteiger partial charge in [-0.2, -0.15) is 0 Å². The van der Waals surface area contributed by atoms with Gasteiger partial charge in [-0.15, -0.1) is 11.3 Å². The van der Waals surface area contributed by atoms with Crippen molar-refractivity contribution in [1.29, 1.82) is 0 Å². The maximum Gasteiger partial charge on any atom is 0.224 e. The molecule has 0 radical (unpaired) electrons. The lowest BCUT2D eigenvalue weighted by molar-refractivity contribution is -0.116. The SMILES string of the molecule is O=C(CCc1cccs1)Nc1cc(N2CCOCC2)ccc1F. The molecule has 6 heteroatoms. The first-order valence-corrected chi connectivity index (χ1v) is 8.55. The summed E-state index contributed by atoms with van der Waals surface area (Å²) in [6.07, 6.45) is 1.02. The van der Waals surface area contributed by atoms with Gasteiger partial charge in [0.25, 0.3) is 0 Å². The van der Waals surface area contributed by atoms with Crippen LogP contribution in [-0.4, -0.2) is 32.2 Å². The van der Waals surface area contributed by atoms with Gasteiger partial charge < -0.3 is 15.0 Å². The van der Waals surface area contributed by atoms with Gasteiger partial charge in [-0.05, 0) is 36.1 Å². The van der Waals surface area contributed by atoms with E-state index in [0.29, 0.717) is 26.1 Å². The molecule has 0 bridgehead atoms. The van der Waals surface area contributed by atoms with E-state index in [9.17, 15) is 9.18 Å². The van der Waals surface area contributed by atoms with Crippen LogP contribution >= 0.6 is 11.3 Å². The lowest BCUT2D eigenvalue weighted by atomic mass is 10.2. The molecular formula is C17H19FN2O2S. The second-order valence-corrected chi connectivity index (χ2v) is 6.42. The summed E-state index contributed by atoms with van der Waals surface area (Å²) in [5, 5.41) is 4.67. The van der Waals surface area contributed by atoms with Crippen LogP contribution in [0.4, 0.5) is 15.8 Å². The van der Waals surface area contributed by atoms with E-state index in [4.69, 9.17) is 4.74 Å². The Morgan fingerprint density at radius 1 is 1.30 bits per heavy atom. The molecule has 0 atom stereocenters. The number of nitrogens with one attached hydrogen (secondary N) is 1. The van der Waals surface area contributed by atoms with Gasteiger partial charge in [-0.1, -0.05) is 6.07 Å². The number of ether oxygens (including phenoxy) is 1. The molecule has 4 nitrogen and oxygen atoms in total. The van der Waals surface area contributed by atoms with Gasteiger partial charge in [0.1, 0.15) is 5.82 Å². The fourth-order valence-corrected chi connectivity index (χ4v) is 3.24. The second-order valence-electron chi connectivity index (χ2n) is 5.39. The summed E-state index contributed by atoms with van der Waals surface area (Å²) in [5.74, 6) is -0.581. The number of nitrogens with zero attached hydrogens (tertiary/aromatic N) is 1. The number of morpholine rings is 1. The van der Waals surface area contributed by atoms with E-state index in [1.165, 1.54) is 6.07 Å². The quantitative estimate of drug-likeness (QED) is 0.912. The van der Waals surface area contributed by atoms with Gasteiger partial charge in [-0.25, -0.2) is 4.39 Å². The first-order valence-electron chi connectivity index (χ1n) is 7.67. The van der Waals surface area contributed by atoms with E-state index in [1.807, 2.05) is 17.5 Å². The smallest absolute Gasteiger partial charge is 0.224 e. The van der Waals surface area contributed by atoms with Crippen molar-refractivity contribution in [3.63, 3.8) is 0 Å². The molecule has 0 unspecified atom stereocenters. The predicted octanol–water partition coefficient (Wildman–Crippen LogP) is 3.30. The van der Waals surface area contributed by atoms with E-state index in [2.05, 4.69) is 10.2 Å². The van der Waals surface area contributed by atoms with E-state index in [0.717, 1.165) is 23.7 Å². The lowest BCUT2D eigenvalue weighted by Gasteiger charge is -2.29. The zero-order valence-corrected chi connectivity index (χ0v) is 13.6. The maximum atomic E-state index is 14.0. The Kier molecular flexibility index (Phi) is 5.25. The fraction of sp³-hybridized carbons (Fsp3) is 0.353. The molecule has 1 aromatic carbocycles. The highest BCUT2D eigenvalue weighted by molar-refractivity contribution is 7.09. The number of anilines is 2. The molecule has 2 heterocycles. The summed E-state index contributed by atoms with van der Waals surface area (Å²) in [4.78, 5) is 15.3. The van der Waals surface area contributed by atoms with Crippen LogP contribution in [0.1, 0.15) is 11.3 Å². The molecule has 1 saturated heterocycles. The minimum absolute atomic E-state index is 0.170. The van der Waals surface area contributed by atoms with Crippen molar-refractivity contribution in [1.82, 2.24) is 0 Å². The summed E-state index contributed by atoms with van der Waals surface area (Å²) in [5.41, 5.74) is 1.15. The predicted molar refractivity (Wildman–Crippen MR) is 90.7 cm³/mol. The highest BCUT2D eigenvalue weighted by Crippen LogP contribution is 2.24. The topological polar surface area (TPSA) is 41.6 Å². The molecule has 0 aliphatic carbocycles. The molecule has 1 amide bonds. The molecule has 1 aliphatic rings. The summed E-state index contributed by atoms with van der Waals surface area (Å²) in [6, 6.07) is 8.80. The van der Waals surface area contributed by atoms with E-state index >= 15 is 0 Å². The van der Waals surface area contributed by atoms with Crippen LogP contribution in [0.25, 0.3) is 0 Å². The third kappa shape index (κ3) is 4.30. The first kappa shape index (κ1) is 16.0. The van der Waals surface area contributed by atoms with Crippen LogP contribution in [0, 0.1) is 5.82 Å². The highest BCUT2D eigenvalue weighted by atomic mass is 32.1. The first-order chi connectivity index (χ1) is 11.2. The molecule has 1 N–H and O–H groups in total. The van der Waals surface area contributed by atoms with Crippen molar-refractivity contribution in [2.45, 2.75) is 12.8 Å². The average Bonchev–Trinajstić information content (AvgIpc) is 3.09. The molecular weight excluding hydrogens is 315 g/mol. The normalized spacial score (nSPS) is 14.7. The monoisotopic (exact) mass is 334 g/mol. The van der Waals surface area contributed by atoms with E-state index in [-0.39, 0.29) is 11.6 Å². The molecule has 23 heavy (non-hydrogen) atoms. The third-order valence-corrected chi connectivity index (χ3v) is 4.72. The van der Waals surface area contributed by atoms with Gasteiger partial charge in [0.15, 0.2) is 0 Å². The molecule has 3 rings (SSSR count). The summed E-state index contributed by atoms with van der Waals surface area (Å²) < 4.78 is 19.3. The van der Waals surface area contributed by atoms with Gasteiger partial charge in [0.05, 0.1) is 18.9 Å². The Balaban J connectivity index is 1.62. The second kappa shape index (κ2) is 7.57. The Labute approximate surface area is 138 Å². The van der Waals surface area contributed by atoms with E-state index < -0.39 is 5.82 Å². The van der Waals surface area contributed by atoms with Gasteiger partial charge in [0, 0.05) is 30.1 Å². The summed E-state index contributed by atoms with van der Waals surface area (Å²) in [6.45, 7) is 2.88. The molecule has 1 aromatic heterocycles. The number of halogens is 1.